The summed E-state index contributed by atoms with van der Waals surface area (Å²) in [6.07, 6.45) is 2.20. The molecule has 8 nitrogen and oxygen atoms in total. The zero-order chi connectivity index (χ0) is 22.2. The van der Waals surface area contributed by atoms with E-state index in [0.29, 0.717) is 23.1 Å². The van der Waals surface area contributed by atoms with E-state index >= 15 is 0 Å². The number of anilines is 1. The van der Waals surface area contributed by atoms with Crippen LogP contribution in [0, 0.1) is 5.82 Å². The van der Waals surface area contributed by atoms with E-state index in [1.807, 2.05) is 12.1 Å². The van der Waals surface area contributed by atoms with Gasteiger partial charge in [0.15, 0.2) is 5.82 Å². The predicted octanol–water partition coefficient (Wildman–Crippen LogP) is 3.47. The predicted molar refractivity (Wildman–Crippen MR) is 113 cm³/mol. The average Bonchev–Trinajstić information content (AvgIpc) is 3.31. The molecule has 2 aromatic carbocycles. The summed E-state index contributed by atoms with van der Waals surface area (Å²) in [5, 5.41) is 6.89. The number of benzene rings is 2. The lowest BCUT2D eigenvalue weighted by Crippen LogP contribution is -2.22. The van der Waals surface area contributed by atoms with Crippen molar-refractivity contribution in [2.24, 2.45) is 5.73 Å². The number of aromatic nitrogens is 2. The summed E-state index contributed by atoms with van der Waals surface area (Å²) in [5.74, 6) is 1.39. The van der Waals surface area contributed by atoms with E-state index in [1.165, 1.54) is 12.1 Å². The van der Waals surface area contributed by atoms with E-state index in [2.05, 4.69) is 14.9 Å². The van der Waals surface area contributed by atoms with Crippen molar-refractivity contribution >= 4 is 18.2 Å². The van der Waals surface area contributed by atoms with Gasteiger partial charge in [-0.15, -0.1) is 0 Å². The Balaban J connectivity index is 0.000000858. The second-order valence-corrected chi connectivity index (χ2v) is 6.68. The van der Waals surface area contributed by atoms with Crippen LogP contribution >= 0.6 is 0 Å². The number of primary amides is 1. The van der Waals surface area contributed by atoms with Crippen LogP contribution in [-0.2, 0) is 4.79 Å². The number of carboxylic acid groups (broad SMARTS) is 1. The van der Waals surface area contributed by atoms with E-state index in [0.717, 1.165) is 31.5 Å². The first kappa shape index (κ1) is 21.7. The highest BCUT2D eigenvalue weighted by Gasteiger charge is 2.18. The first-order valence-electron chi connectivity index (χ1n) is 9.55. The lowest BCUT2D eigenvalue weighted by Gasteiger charge is -2.17. The number of amides is 1. The van der Waals surface area contributed by atoms with Gasteiger partial charge in [0.05, 0.1) is 0 Å². The van der Waals surface area contributed by atoms with Crippen molar-refractivity contribution in [1.29, 1.82) is 0 Å². The monoisotopic (exact) mass is 424 g/mol. The van der Waals surface area contributed by atoms with E-state index in [-0.39, 0.29) is 18.0 Å². The molecule has 0 saturated carbocycles. The minimum Gasteiger partial charge on any atom is -0.483 e. The Bertz CT molecular complexity index is 1040. The third kappa shape index (κ3) is 5.75. The van der Waals surface area contributed by atoms with Gasteiger partial charge in [0.2, 0.25) is 0 Å². The number of carbonyl (C=O) groups excluding carboxylic acids is 1. The number of nitrogens with two attached hydrogens (primary N) is 1. The number of hydrogen-bond acceptors (Lipinski definition) is 6. The second-order valence-electron chi connectivity index (χ2n) is 6.68. The lowest BCUT2D eigenvalue weighted by atomic mass is 10.2. The van der Waals surface area contributed by atoms with Crippen LogP contribution in [0.3, 0.4) is 0 Å². The minimum absolute atomic E-state index is 0.193. The SMILES string of the molecule is NC(=O)c1cc(N2CCCC2)nc(-c2ccc(Oc3ccc(F)cc3)cc2)n1.O=CO. The fourth-order valence-corrected chi connectivity index (χ4v) is 3.11. The third-order valence-electron chi connectivity index (χ3n) is 4.56. The van der Waals surface area contributed by atoms with Crippen molar-refractivity contribution in [3.63, 3.8) is 0 Å². The smallest absolute Gasteiger partial charge is 0.290 e. The van der Waals surface area contributed by atoms with Crippen LogP contribution in [0.25, 0.3) is 11.4 Å². The molecule has 3 N–H and O–H groups in total. The van der Waals surface area contributed by atoms with Crippen LogP contribution in [0.1, 0.15) is 23.3 Å². The zero-order valence-electron chi connectivity index (χ0n) is 16.6. The highest BCUT2D eigenvalue weighted by molar-refractivity contribution is 5.92. The molecule has 4 rings (SSSR count). The molecule has 31 heavy (non-hydrogen) atoms. The molecule has 0 unspecified atom stereocenters. The number of nitrogens with zero attached hydrogens (tertiary/aromatic N) is 3. The molecule has 0 atom stereocenters. The Kier molecular flexibility index (Phi) is 7.10. The fraction of sp³-hybridized carbons (Fsp3) is 0.182. The molecule has 1 amide bonds. The van der Waals surface area contributed by atoms with E-state index in [1.54, 1.807) is 30.3 Å². The topological polar surface area (TPSA) is 119 Å². The minimum atomic E-state index is -0.583. The summed E-state index contributed by atoms with van der Waals surface area (Å²) >= 11 is 0. The Hall–Kier alpha value is -4.01. The highest BCUT2D eigenvalue weighted by Crippen LogP contribution is 2.27. The van der Waals surface area contributed by atoms with Crippen LogP contribution in [0.15, 0.2) is 54.6 Å². The van der Waals surface area contributed by atoms with Gasteiger partial charge in [0.1, 0.15) is 28.8 Å². The van der Waals surface area contributed by atoms with Crippen LogP contribution in [-0.4, -0.2) is 40.5 Å². The molecule has 160 valence electrons. The standard InChI is InChI=1S/C21H19FN4O2.CH2O2/c22-15-5-9-17(10-6-15)28-16-7-3-14(4-8-16)21-24-18(20(23)27)13-19(25-21)26-11-1-2-12-26;2-1-3/h3-10,13H,1-2,11-12H2,(H2,23,27);1H,(H,2,3). The molecule has 0 aliphatic carbocycles. The van der Waals surface area contributed by atoms with Crippen LogP contribution in [0.2, 0.25) is 0 Å². The molecule has 0 spiro atoms. The number of halogens is 1. The Labute approximate surface area is 178 Å². The molecule has 1 fully saturated rings. The van der Waals surface area contributed by atoms with Gasteiger partial charge in [0, 0.05) is 24.7 Å². The quantitative estimate of drug-likeness (QED) is 0.602. The normalized spacial score (nSPS) is 12.6. The molecule has 1 saturated heterocycles. The summed E-state index contributed by atoms with van der Waals surface area (Å²) in [6.45, 7) is 1.55. The first-order chi connectivity index (χ1) is 15.0. The molecule has 3 aromatic rings. The van der Waals surface area contributed by atoms with Gasteiger partial charge in [-0.1, -0.05) is 0 Å². The van der Waals surface area contributed by atoms with Gasteiger partial charge in [0.25, 0.3) is 12.4 Å². The molecule has 0 bridgehead atoms. The summed E-state index contributed by atoms with van der Waals surface area (Å²) in [7, 11) is 0. The van der Waals surface area contributed by atoms with Gasteiger partial charge in [-0.25, -0.2) is 14.4 Å². The van der Waals surface area contributed by atoms with Crippen LogP contribution < -0.4 is 15.4 Å². The molecule has 1 aliphatic heterocycles. The van der Waals surface area contributed by atoms with Crippen molar-refractivity contribution in [3.8, 4) is 22.9 Å². The number of rotatable bonds is 5. The Morgan fingerprint density at radius 2 is 1.58 bits per heavy atom. The van der Waals surface area contributed by atoms with Crippen molar-refractivity contribution in [3.05, 3.63) is 66.1 Å². The van der Waals surface area contributed by atoms with Gasteiger partial charge < -0.3 is 20.5 Å². The molecular formula is C22H21FN4O4. The molecule has 0 radical (unpaired) electrons. The van der Waals surface area contributed by atoms with Crippen LogP contribution in [0.4, 0.5) is 10.2 Å². The van der Waals surface area contributed by atoms with E-state index in [9.17, 15) is 9.18 Å². The second kappa shape index (κ2) is 10.1. The molecule has 9 heteroatoms. The average molecular weight is 424 g/mol. The lowest BCUT2D eigenvalue weighted by molar-refractivity contribution is -0.122. The van der Waals surface area contributed by atoms with Gasteiger partial charge in [-0.2, -0.15) is 0 Å². The molecule has 2 heterocycles. The van der Waals surface area contributed by atoms with Crippen molar-refractivity contribution in [1.82, 2.24) is 9.97 Å². The summed E-state index contributed by atoms with van der Waals surface area (Å²) < 4.78 is 18.7. The zero-order valence-corrected chi connectivity index (χ0v) is 16.6. The van der Waals surface area contributed by atoms with Crippen molar-refractivity contribution < 1.29 is 23.8 Å². The van der Waals surface area contributed by atoms with Crippen LogP contribution in [0.5, 0.6) is 11.5 Å². The van der Waals surface area contributed by atoms with Crippen molar-refractivity contribution in [2.45, 2.75) is 12.8 Å². The van der Waals surface area contributed by atoms with Gasteiger partial charge in [-0.3, -0.25) is 9.59 Å². The third-order valence-corrected chi connectivity index (χ3v) is 4.56. The number of carbonyl (C=O) groups is 2. The maximum atomic E-state index is 13.0. The molecule has 1 aliphatic rings. The van der Waals surface area contributed by atoms with E-state index < -0.39 is 5.91 Å². The van der Waals surface area contributed by atoms with Gasteiger partial charge in [-0.05, 0) is 61.4 Å². The molecular weight excluding hydrogens is 403 g/mol. The largest absolute Gasteiger partial charge is 0.483 e. The first-order valence-corrected chi connectivity index (χ1v) is 9.55. The number of ether oxygens (including phenoxy) is 1. The highest BCUT2D eigenvalue weighted by atomic mass is 19.1. The maximum Gasteiger partial charge on any atom is 0.290 e. The maximum absolute atomic E-state index is 13.0. The number of hydrogen-bond donors (Lipinski definition) is 2. The summed E-state index contributed by atoms with van der Waals surface area (Å²) in [6, 6.07) is 14.6. The molecule has 1 aromatic heterocycles. The Morgan fingerprint density at radius 3 is 2.13 bits per heavy atom. The van der Waals surface area contributed by atoms with Crippen molar-refractivity contribution in [2.75, 3.05) is 18.0 Å². The summed E-state index contributed by atoms with van der Waals surface area (Å²) in [4.78, 5) is 31.1. The van der Waals surface area contributed by atoms with Gasteiger partial charge >= 0.3 is 0 Å². The fourth-order valence-electron chi connectivity index (χ4n) is 3.11. The summed E-state index contributed by atoms with van der Waals surface area (Å²) in [5.41, 5.74) is 6.39. The Morgan fingerprint density at radius 1 is 1.03 bits per heavy atom. The van der Waals surface area contributed by atoms with E-state index in [4.69, 9.17) is 20.4 Å².